The molecule has 3 nitrogen and oxygen atoms in total. The summed E-state index contributed by atoms with van der Waals surface area (Å²) in [5.74, 6) is 0.852. The molecule has 1 atom stereocenters. The van der Waals surface area contributed by atoms with E-state index in [4.69, 9.17) is 5.73 Å². The predicted molar refractivity (Wildman–Crippen MR) is 92.4 cm³/mol. The maximum Gasteiger partial charge on any atom is 0.226 e. The number of piperidine rings is 1. The molecule has 0 aromatic heterocycles. The molecule has 0 saturated carbocycles. The van der Waals surface area contributed by atoms with Gasteiger partial charge in [0.25, 0.3) is 0 Å². The van der Waals surface area contributed by atoms with E-state index in [1.807, 2.05) is 4.90 Å². The van der Waals surface area contributed by atoms with Crippen LogP contribution in [0.3, 0.4) is 0 Å². The number of halogens is 1. The Morgan fingerprint density at radius 3 is 2.64 bits per heavy atom. The second-order valence-electron chi connectivity index (χ2n) is 6.71. The summed E-state index contributed by atoms with van der Waals surface area (Å²) in [6.45, 7) is 3.82. The van der Waals surface area contributed by atoms with E-state index in [9.17, 15) is 4.79 Å². The van der Waals surface area contributed by atoms with Crippen LogP contribution in [0, 0.1) is 5.92 Å². The van der Waals surface area contributed by atoms with Gasteiger partial charge in [-0.05, 0) is 61.6 Å². The van der Waals surface area contributed by atoms with Crippen molar-refractivity contribution in [2.45, 2.75) is 51.5 Å². The summed E-state index contributed by atoms with van der Waals surface area (Å²) in [5.41, 5.74) is 10.1. The Kier molecular flexibility index (Phi) is 5.87. The summed E-state index contributed by atoms with van der Waals surface area (Å²) in [6.07, 6.45) is 6.29. The molecule has 1 aliphatic carbocycles. The lowest BCUT2D eigenvalue weighted by atomic mass is 9.90. The van der Waals surface area contributed by atoms with Gasteiger partial charge in [0.05, 0.1) is 6.42 Å². The summed E-state index contributed by atoms with van der Waals surface area (Å²) in [7, 11) is 0. The third kappa shape index (κ3) is 3.82. The van der Waals surface area contributed by atoms with E-state index in [0.717, 1.165) is 25.9 Å². The third-order valence-corrected chi connectivity index (χ3v) is 5.15. The van der Waals surface area contributed by atoms with Gasteiger partial charge in [0.15, 0.2) is 0 Å². The number of aryl methyl sites for hydroxylation is 2. The van der Waals surface area contributed by atoms with Crippen LogP contribution in [0.4, 0.5) is 0 Å². The Bertz CT molecular complexity index is 522. The highest BCUT2D eigenvalue weighted by Crippen LogP contribution is 2.24. The molecule has 22 heavy (non-hydrogen) atoms. The molecule has 2 N–H and O–H groups in total. The van der Waals surface area contributed by atoms with Crippen molar-refractivity contribution in [1.82, 2.24) is 4.90 Å². The molecule has 1 unspecified atom stereocenters. The lowest BCUT2D eigenvalue weighted by Crippen LogP contribution is -2.43. The molecular weight excluding hydrogens is 296 g/mol. The van der Waals surface area contributed by atoms with Crippen molar-refractivity contribution >= 4 is 18.3 Å². The number of fused-ring (bicyclic) bond motifs is 1. The normalized spacial score (nSPS) is 19.5. The Balaban J connectivity index is 0.00000176. The number of carbonyl (C=O) groups is 1. The standard InChI is InChI=1S/C18H26N2O.ClH/c1-13(19)15-7-9-20(10-8-15)18(21)12-14-5-6-16-3-2-4-17(16)11-14;/h5-6,11,13,15H,2-4,7-10,12,19H2,1H3;1H. The summed E-state index contributed by atoms with van der Waals surface area (Å²) < 4.78 is 0. The van der Waals surface area contributed by atoms with Gasteiger partial charge in [0, 0.05) is 19.1 Å². The van der Waals surface area contributed by atoms with Gasteiger partial charge in [0.2, 0.25) is 5.91 Å². The number of hydrogen-bond acceptors (Lipinski definition) is 2. The van der Waals surface area contributed by atoms with Crippen LogP contribution < -0.4 is 5.73 Å². The summed E-state index contributed by atoms with van der Waals surface area (Å²) in [4.78, 5) is 14.5. The zero-order chi connectivity index (χ0) is 14.8. The van der Waals surface area contributed by atoms with Crippen molar-refractivity contribution in [3.05, 3.63) is 34.9 Å². The maximum absolute atomic E-state index is 12.4. The van der Waals surface area contributed by atoms with Crippen LogP contribution >= 0.6 is 12.4 Å². The molecule has 0 bridgehead atoms. The molecule has 2 aliphatic rings. The quantitative estimate of drug-likeness (QED) is 0.930. The molecule has 1 fully saturated rings. The lowest BCUT2D eigenvalue weighted by molar-refractivity contribution is -0.131. The first kappa shape index (κ1) is 17.3. The molecule has 4 heteroatoms. The van der Waals surface area contributed by atoms with E-state index in [-0.39, 0.29) is 24.4 Å². The van der Waals surface area contributed by atoms with Crippen molar-refractivity contribution in [3.63, 3.8) is 0 Å². The van der Waals surface area contributed by atoms with Gasteiger partial charge in [-0.15, -0.1) is 12.4 Å². The first-order valence-corrected chi connectivity index (χ1v) is 8.27. The highest BCUT2D eigenvalue weighted by atomic mass is 35.5. The topological polar surface area (TPSA) is 46.3 Å². The van der Waals surface area contributed by atoms with Gasteiger partial charge in [-0.25, -0.2) is 0 Å². The molecule has 1 heterocycles. The van der Waals surface area contributed by atoms with Crippen LogP contribution in [0.25, 0.3) is 0 Å². The number of amides is 1. The largest absolute Gasteiger partial charge is 0.342 e. The molecule has 1 aromatic rings. The average molecular weight is 323 g/mol. The minimum atomic E-state index is 0. The fraction of sp³-hybridized carbons (Fsp3) is 0.611. The van der Waals surface area contributed by atoms with Gasteiger partial charge in [0.1, 0.15) is 0 Å². The van der Waals surface area contributed by atoms with Crippen LogP contribution in [0.2, 0.25) is 0 Å². The minimum Gasteiger partial charge on any atom is -0.342 e. The van der Waals surface area contributed by atoms with Crippen LogP contribution in [-0.4, -0.2) is 29.9 Å². The smallest absolute Gasteiger partial charge is 0.226 e. The first-order chi connectivity index (χ1) is 10.1. The number of nitrogens with two attached hydrogens (primary N) is 1. The monoisotopic (exact) mass is 322 g/mol. The van der Waals surface area contributed by atoms with Gasteiger partial charge < -0.3 is 10.6 Å². The van der Waals surface area contributed by atoms with Crippen molar-refractivity contribution in [3.8, 4) is 0 Å². The van der Waals surface area contributed by atoms with E-state index < -0.39 is 0 Å². The van der Waals surface area contributed by atoms with E-state index in [1.165, 1.54) is 36.0 Å². The zero-order valence-corrected chi connectivity index (χ0v) is 14.2. The number of hydrogen-bond donors (Lipinski definition) is 1. The molecule has 1 amide bonds. The number of likely N-dealkylation sites (tertiary alicyclic amines) is 1. The van der Waals surface area contributed by atoms with Crippen LogP contribution in [0.1, 0.15) is 42.9 Å². The SMILES string of the molecule is CC(N)C1CCN(C(=O)Cc2ccc3c(c2)CCC3)CC1.Cl. The zero-order valence-electron chi connectivity index (χ0n) is 13.4. The molecule has 1 aromatic carbocycles. The van der Waals surface area contributed by atoms with Gasteiger partial charge in [-0.3, -0.25) is 4.79 Å². The van der Waals surface area contributed by atoms with Crippen molar-refractivity contribution in [2.24, 2.45) is 11.7 Å². The molecule has 1 aliphatic heterocycles. The Hall–Kier alpha value is -1.06. The van der Waals surface area contributed by atoms with Crippen LogP contribution in [-0.2, 0) is 24.1 Å². The van der Waals surface area contributed by atoms with E-state index in [0.29, 0.717) is 12.3 Å². The number of carbonyl (C=O) groups excluding carboxylic acids is 1. The Morgan fingerprint density at radius 2 is 1.95 bits per heavy atom. The van der Waals surface area contributed by atoms with Crippen LogP contribution in [0.15, 0.2) is 18.2 Å². The molecular formula is C18H27ClN2O. The van der Waals surface area contributed by atoms with Crippen molar-refractivity contribution < 1.29 is 4.79 Å². The lowest BCUT2D eigenvalue weighted by Gasteiger charge is -2.33. The fourth-order valence-electron chi connectivity index (χ4n) is 3.70. The number of rotatable bonds is 3. The van der Waals surface area contributed by atoms with Crippen molar-refractivity contribution in [2.75, 3.05) is 13.1 Å². The van der Waals surface area contributed by atoms with Gasteiger partial charge >= 0.3 is 0 Å². The highest BCUT2D eigenvalue weighted by Gasteiger charge is 2.24. The van der Waals surface area contributed by atoms with E-state index >= 15 is 0 Å². The molecule has 122 valence electrons. The summed E-state index contributed by atoms with van der Waals surface area (Å²) in [6, 6.07) is 6.85. The van der Waals surface area contributed by atoms with E-state index in [1.54, 1.807) is 0 Å². The summed E-state index contributed by atoms with van der Waals surface area (Å²) >= 11 is 0. The average Bonchev–Trinajstić information content (AvgIpc) is 2.95. The Labute approximate surface area is 139 Å². The maximum atomic E-state index is 12.4. The third-order valence-electron chi connectivity index (χ3n) is 5.15. The molecule has 1 saturated heterocycles. The molecule has 0 radical (unpaired) electrons. The fourth-order valence-corrected chi connectivity index (χ4v) is 3.70. The van der Waals surface area contributed by atoms with Gasteiger partial charge in [-0.1, -0.05) is 18.2 Å². The Morgan fingerprint density at radius 1 is 1.27 bits per heavy atom. The second kappa shape index (κ2) is 7.47. The molecule has 3 rings (SSSR count). The number of nitrogens with zero attached hydrogens (tertiary/aromatic N) is 1. The van der Waals surface area contributed by atoms with Crippen LogP contribution in [0.5, 0.6) is 0 Å². The van der Waals surface area contributed by atoms with Gasteiger partial charge in [-0.2, -0.15) is 0 Å². The highest BCUT2D eigenvalue weighted by molar-refractivity contribution is 5.85. The minimum absolute atomic E-state index is 0. The second-order valence-corrected chi connectivity index (χ2v) is 6.71. The summed E-state index contributed by atoms with van der Waals surface area (Å²) in [5, 5.41) is 0. The number of benzene rings is 1. The first-order valence-electron chi connectivity index (χ1n) is 8.27. The molecule has 0 spiro atoms. The van der Waals surface area contributed by atoms with Crippen molar-refractivity contribution in [1.29, 1.82) is 0 Å². The van der Waals surface area contributed by atoms with E-state index in [2.05, 4.69) is 25.1 Å². The predicted octanol–water partition coefficient (Wildman–Crippen LogP) is 2.73.